The molecule has 61 heavy (non-hydrogen) atoms. The van der Waals surface area contributed by atoms with Crippen molar-refractivity contribution in [3.05, 3.63) is 69.7 Å². The molecule has 0 saturated carbocycles. The van der Waals surface area contributed by atoms with Crippen molar-refractivity contribution in [2.75, 3.05) is 80.7 Å². The third kappa shape index (κ3) is 15.8. The highest BCUT2D eigenvalue weighted by molar-refractivity contribution is 8.10. The first-order chi connectivity index (χ1) is 28.9. The Morgan fingerprint density at radius 2 is 1.36 bits per heavy atom. The van der Waals surface area contributed by atoms with Crippen molar-refractivity contribution < 1.29 is 19.1 Å². The van der Waals surface area contributed by atoms with Crippen LogP contribution in [0.1, 0.15) is 36.8 Å². The first kappa shape index (κ1) is 50.4. The molecule has 1 aromatic heterocycles. The van der Waals surface area contributed by atoms with Gasteiger partial charge in [-0.1, -0.05) is 58.2 Å². The number of piperidine rings is 2. The predicted octanol–water partition coefficient (Wildman–Crippen LogP) is 3.64. The topological polar surface area (TPSA) is 230 Å². The van der Waals surface area contributed by atoms with E-state index in [4.69, 9.17) is 55.1 Å². The van der Waals surface area contributed by atoms with E-state index in [0.717, 1.165) is 79.8 Å². The van der Waals surface area contributed by atoms with Crippen LogP contribution in [0.25, 0.3) is 0 Å². The lowest BCUT2D eigenvalue weighted by atomic mass is 9.96. The van der Waals surface area contributed by atoms with Gasteiger partial charge in [-0.05, 0) is 99.5 Å². The number of H-pyrrole nitrogens is 1. The van der Waals surface area contributed by atoms with Crippen LogP contribution in [-0.2, 0) is 42.6 Å². The molecule has 2 aromatic carbocycles. The summed E-state index contributed by atoms with van der Waals surface area (Å²) in [5.41, 5.74) is 19.1. The number of morpholine rings is 2. The van der Waals surface area contributed by atoms with E-state index in [1.165, 1.54) is 11.1 Å². The van der Waals surface area contributed by atoms with Gasteiger partial charge < -0.3 is 36.9 Å². The number of aromatic amines is 1. The Labute approximate surface area is 381 Å². The molecule has 0 spiro atoms. The summed E-state index contributed by atoms with van der Waals surface area (Å²) in [4.78, 5) is 34.5. The smallest absolute Gasteiger partial charge is 0.247 e. The van der Waals surface area contributed by atoms with Gasteiger partial charge >= 0.3 is 0 Å². The number of nitriles is 1. The Morgan fingerprint density at radius 3 is 1.77 bits per heavy atom. The SMILES string of the molecule is CSCS(C)=NC#N.Cl.NC(=O)[C@@H]1CN(C2CCN(c3n[nH]c(N)n3)CC2)C(Cc2ccc(Cl)cc2)CO1.NC(=O)[C@@H]1CN(C2CCNCC2)C(Cc2ccc(Cl)cc2)CO1. The summed E-state index contributed by atoms with van der Waals surface area (Å²) < 4.78 is 15.1. The Balaban J connectivity index is 0.000000229. The number of nitrogens with zero attached hydrogens (tertiary/aromatic N) is 7. The number of benzene rings is 2. The number of nitrogens with two attached hydrogens (primary N) is 3. The number of rotatable bonds is 11. The molecule has 4 fully saturated rings. The minimum Gasteiger partial charge on any atom is -0.368 e. The van der Waals surface area contributed by atoms with E-state index in [9.17, 15) is 9.59 Å². The number of primary amides is 2. The monoisotopic (exact) mass is 940 g/mol. The van der Waals surface area contributed by atoms with Crippen molar-refractivity contribution in [3.63, 3.8) is 0 Å². The average molecular weight is 942 g/mol. The van der Waals surface area contributed by atoms with Gasteiger partial charge in [0.25, 0.3) is 0 Å². The van der Waals surface area contributed by atoms with E-state index in [1.54, 1.807) is 18.0 Å². The summed E-state index contributed by atoms with van der Waals surface area (Å²) in [5, 5.41) is 20.7. The number of halogens is 3. The number of carbonyl (C=O) groups excluding carboxylic acids is 2. The van der Waals surface area contributed by atoms with E-state index >= 15 is 0 Å². The second-order valence-electron chi connectivity index (χ2n) is 15.2. The Hall–Kier alpha value is -3.22. The Bertz CT molecular complexity index is 1880. The molecule has 0 aliphatic carbocycles. The maximum Gasteiger partial charge on any atom is 0.247 e. The molecule has 16 nitrogen and oxygen atoms in total. The third-order valence-electron chi connectivity index (χ3n) is 11.0. The molecular weight excluding hydrogens is 883 g/mol. The van der Waals surface area contributed by atoms with Gasteiger partial charge in [-0.15, -0.1) is 17.5 Å². The first-order valence-electron chi connectivity index (χ1n) is 20.1. The maximum atomic E-state index is 11.7. The molecule has 5 heterocycles. The van der Waals surface area contributed by atoms with Crippen molar-refractivity contribution in [1.29, 1.82) is 5.26 Å². The maximum absolute atomic E-state index is 11.7. The number of thioether (sulfide) groups is 1. The molecule has 3 aromatic rings. The fraction of sp³-hybridized carbons (Fsp3) is 0.575. The van der Waals surface area contributed by atoms with Gasteiger partial charge in [-0.3, -0.25) is 19.4 Å². The molecule has 21 heteroatoms. The fourth-order valence-corrected chi connectivity index (χ4v) is 9.98. The van der Waals surface area contributed by atoms with E-state index < -0.39 is 18.1 Å². The molecule has 3 unspecified atom stereocenters. The van der Waals surface area contributed by atoms with Crippen molar-refractivity contribution in [2.45, 2.75) is 74.9 Å². The summed E-state index contributed by atoms with van der Waals surface area (Å²) >= 11 is 13.7. The molecular formula is C40H59Cl3N12O4S2. The fourth-order valence-electron chi connectivity index (χ4n) is 8.02. The van der Waals surface area contributed by atoms with Gasteiger partial charge in [-0.25, -0.2) is 5.10 Å². The lowest BCUT2D eigenvalue weighted by Gasteiger charge is -2.46. The average Bonchev–Trinajstić information content (AvgIpc) is 3.69. The largest absolute Gasteiger partial charge is 0.368 e. The van der Waals surface area contributed by atoms with E-state index in [2.05, 4.69) is 51.7 Å². The second kappa shape index (κ2) is 25.8. The summed E-state index contributed by atoms with van der Waals surface area (Å²) in [6, 6.07) is 17.1. The lowest BCUT2D eigenvalue weighted by molar-refractivity contribution is -0.142. The highest BCUT2D eigenvalue weighted by atomic mass is 35.5. The summed E-state index contributed by atoms with van der Waals surface area (Å²) in [7, 11) is -0.0432. The lowest BCUT2D eigenvalue weighted by Crippen LogP contribution is -2.59. The minimum absolute atomic E-state index is 0. The van der Waals surface area contributed by atoms with Crippen molar-refractivity contribution in [1.82, 2.24) is 30.3 Å². The molecule has 5 atom stereocenters. The van der Waals surface area contributed by atoms with Crippen LogP contribution in [0.5, 0.6) is 0 Å². The zero-order chi connectivity index (χ0) is 43.0. The summed E-state index contributed by atoms with van der Waals surface area (Å²) in [5.74, 6) is 0.181. The summed E-state index contributed by atoms with van der Waals surface area (Å²) in [6.45, 7) is 5.84. The number of nitrogen functional groups attached to an aromatic ring is 1. The molecule has 8 N–H and O–H groups in total. The van der Waals surface area contributed by atoms with E-state index in [0.29, 0.717) is 50.3 Å². The van der Waals surface area contributed by atoms with Crippen LogP contribution in [-0.4, -0.2) is 143 Å². The normalized spacial score (nSPS) is 23.3. The molecule has 4 aliphatic heterocycles. The zero-order valence-corrected chi connectivity index (χ0v) is 38.6. The molecule has 4 aliphatic rings. The van der Waals surface area contributed by atoms with Crippen molar-refractivity contribution in [2.24, 2.45) is 15.8 Å². The summed E-state index contributed by atoms with van der Waals surface area (Å²) in [6.07, 6.45) is 10.5. The quantitative estimate of drug-likeness (QED) is 0.173. The molecule has 2 amide bonds. The van der Waals surface area contributed by atoms with Crippen molar-refractivity contribution in [3.8, 4) is 6.19 Å². The number of aromatic nitrogens is 3. The van der Waals surface area contributed by atoms with Crippen LogP contribution in [0.2, 0.25) is 10.0 Å². The number of ether oxygens (including phenoxy) is 2. The predicted molar refractivity (Wildman–Crippen MR) is 248 cm³/mol. The number of carbonyl (C=O) groups is 2. The van der Waals surface area contributed by atoms with Gasteiger partial charge in [0.2, 0.25) is 29.9 Å². The van der Waals surface area contributed by atoms with Crippen LogP contribution < -0.4 is 27.4 Å². The highest BCUT2D eigenvalue weighted by Gasteiger charge is 2.38. The highest BCUT2D eigenvalue weighted by Crippen LogP contribution is 2.27. The molecule has 7 rings (SSSR count). The van der Waals surface area contributed by atoms with Gasteiger partial charge in [0.15, 0.2) is 0 Å². The Morgan fingerprint density at radius 1 is 0.885 bits per heavy atom. The second-order valence-corrected chi connectivity index (χ2v) is 19.0. The van der Waals surface area contributed by atoms with Crippen LogP contribution in [0.3, 0.4) is 0 Å². The van der Waals surface area contributed by atoms with Gasteiger partial charge in [-0.2, -0.15) is 26.4 Å². The molecule has 336 valence electrons. The Kier molecular flexibility index (Phi) is 21.3. The minimum atomic E-state index is -0.567. The van der Waals surface area contributed by atoms with Crippen LogP contribution in [0, 0.1) is 11.5 Å². The van der Waals surface area contributed by atoms with Crippen LogP contribution >= 0.6 is 47.4 Å². The zero-order valence-electron chi connectivity index (χ0n) is 34.7. The molecule has 0 radical (unpaired) electrons. The van der Waals surface area contributed by atoms with Crippen molar-refractivity contribution >= 4 is 81.8 Å². The van der Waals surface area contributed by atoms with Crippen LogP contribution in [0.4, 0.5) is 11.9 Å². The van der Waals surface area contributed by atoms with E-state index in [-0.39, 0.29) is 41.1 Å². The first-order valence-corrected chi connectivity index (χ1v) is 24.0. The van der Waals surface area contributed by atoms with Gasteiger partial charge in [0, 0.05) is 60.4 Å². The number of amides is 2. The molecule has 0 bridgehead atoms. The number of nitrogens with one attached hydrogen (secondary N) is 2. The third-order valence-corrected chi connectivity index (χ3v) is 14.2. The van der Waals surface area contributed by atoms with E-state index in [1.807, 2.05) is 48.9 Å². The molecule has 4 saturated heterocycles. The standard InChI is InChI=1S/C19H26ClN7O2.C17H24ClN3O2.C4H8N2S2.ClH/c20-13-3-1-12(2-4-13)9-15-11-29-16(17(21)28)10-27(15)14-5-7-26(8-6-14)19-23-18(22)24-25-19;18-13-3-1-12(2-4-13)9-15-11-23-16(17(19)22)10-21(15)14-5-7-20-8-6-14;1-7-4-8(2)6-3-5;/h1-4,14-16H,5-11H2,(H2,21,28)(H3,22,23,24,25);1-4,14-16,20H,5-11H2,(H2,19,22);4H2,1-2H3;1H/t2*15?,16-;;/m00../s1. The number of hydrogen-bond donors (Lipinski definition) is 5. The number of anilines is 2. The van der Waals surface area contributed by atoms with Crippen LogP contribution in [0.15, 0.2) is 52.9 Å². The number of hydrogen-bond acceptors (Lipinski definition) is 14. The van der Waals surface area contributed by atoms with Gasteiger partial charge in [0.1, 0.15) is 12.2 Å². The van der Waals surface area contributed by atoms with Gasteiger partial charge in [0.05, 0.1) is 18.3 Å².